The smallest absolute Gasteiger partial charge is 0.286 e. The molecule has 2 heterocycles. The number of hydrogen-bond acceptors (Lipinski definition) is 6. The molecule has 1 amide bonds. The van der Waals surface area contributed by atoms with Gasteiger partial charge in [0.2, 0.25) is 5.60 Å². The van der Waals surface area contributed by atoms with E-state index < -0.39 is 23.4 Å². The summed E-state index contributed by atoms with van der Waals surface area (Å²) >= 11 is 0. The van der Waals surface area contributed by atoms with Gasteiger partial charge in [-0.3, -0.25) is 4.79 Å². The first-order chi connectivity index (χ1) is 12.6. The molecule has 2 aliphatic rings. The molecule has 2 aliphatic heterocycles. The van der Waals surface area contributed by atoms with Crippen LogP contribution in [0.3, 0.4) is 0 Å². The first kappa shape index (κ1) is 16.1. The summed E-state index contributed by atoms with van der Waals surface area (Å²) in [5.74, 6) is 0.0371. The lowest BCUT2D eigenvalue weighted by atomic mass is 9.80. The van der Waals surface area contributed by atoms with Crippen molar-refractivity contribution in [3.05, 3.63) is 59.7 Å². The molecule has 1 saturated heterocycles. The summed E-state index contributed by atoms with van der Waals surface area (Å²) in [4.78, 5) is 12.8. The number of para-hydroxylation sites is 1. The van der Waals surface area contributed by atoms with E-state index in [1.165, 1.54) is 0 Å². The summed E-state index contributed by atoms with van der Waals surface area (Å²) in [5, 5.41) is 22.2. The molecule has 128 valence electrons. The molecule has 0 radical (unpaired) electrons. The van der Waals surface area contributed by atoms with E-state index in [0.29, 0.717) is 22.6 Å². The van der Waals surface area contributed by atoms with Gasteiger partial charge in [-0.15, -0.1) is 0 Å². The van der Waals surface area contributed by atoms with Gasteiger partial charge >= 0.3 is 0 Å². The first-order valence-corrected chi connectivity index (χ1v) is 7.83. The fourth-order valence-corrected chi connectivity index (χ4v) is 3.34. The predicted molar refractivity (Wildman–Crippen MR) is 88.6 cm³/mol. The molecule has 0 saturated carbocycles. The third-order valence-corrected chi connectivity index (χ3v) is 4.64. The summed E-state index contributed by atoms with van der Waals surface area (Å²) in [6.45, 7) is 0. The normalized spacial score (nSPS) is 25.2. The SMILES string of the molecule is COc1ccc([C@H]2OC(C#N)(C#N)[C@]3(O2)C(=O)Nc2ccccc23)cc1. The van der Waals surface area contributed by atoms with Crippen LogP contribution >= 0.6 is 0 Å². The number of carbonyl (C=O) groups excluding carboxylic acids is 1. The average Bonchev–Trinajstić information content (AvgIpc) is 3.19. The van der Waals surface area contributed by atoms with Crippen molar-refractivity contribution < 1.29 is 19.0 Å². The summed E-state index contributed by atoms with van der Waals surface area (Å²) in [7, 11) is 1.54. The number of nitrogens with one attached hydrogen (secondary N) is 1. The minimum Gasteiger partial charge on any atom is -0.497 e. The van der Waals surface area contributed by atoms with Crippen LogP contribution in [0.5, 0.6) is 5.75 Å². The zero-order valence-electron chi connectivity index (χ0n) is 13.7. The van der Waals surface area contributed by atoms with Crippen molar-refractivity contribution in [1.29, 1.82) is 10.5 Å². The standard InChI is InChI=1S/C19H13N3O4/c1-24-13-8-6-12(7-9-13)16-25-18(10-20,11-21)19(26-16)14-4-2-3-5-15(14)22-17(19)23/h2-9,16H,1H3,(H,22,23)/t16-,19+/m0/s1. The van der Waals surface area contributed by atoms with Crippen molar-refractivity contribution in [2.24, 2.45) is 0 Å². The Kier molecular flexibility index (Phi) is 3.45. The number of carbonyl (C=O) groups is 1. The molecule has 0 aliphatic carbocycles. The van der Waals surface area contributed by atoms with Gasteiger partial charge in [-0.05, 0) is 18.2 Å². The predicted octanol–water partition coefficient (Wildman–Crippen LogP) is 2.37. The molecule has 4 rings (SSSR count). The van der Waals surface area contributed by atoms with Crippen molar-refractivity contribution >= 4 is 11.6 Å². The lowest BCUT2D eigenvalue weighted by Crippen LogP contribution is -2.52. The highest BCUT2D eigenvalue weighted by atomic mass is 16.8. The van der Waals surface area contributed by atoms with E-state index in [9.17, 15) is 15.3 Å². The van der Waals surface area contributed by atoms with Gasteiger partial charge in [0.15, 0.2) is 6.29 Å². The number of benzene rings is 2. The molecule has 2 aromatic carbocycles. The number of rotatable bonds is 2. The second-order valence-electron chi connectivity index (χ2n) is 5.93. The molecule has 0 bridgehead atoms. The Hall–Kier alpha value is -3.39. The van der Waals surface area contributed by atoms with E-state index in [1.54, 1.807) is 55.6 Å². The van der Waals surface area contributed by atoms with E-state index in [4.69, 9.17) is 14.2 Å². The largest absolute Gasteiger partial charge is 0.497 e. The number of amides is 1. The molecule has 0 aromatic heterocycles. The molecular formula is C19H13N3O4. The first-order valence-electron chi connectivity index (χ1n) is 7.83. The molecule has 7 nitrogen and oxygen atoms in total. The van der Waals surface area contributed by atoms with Crippen LogP contribution < -0.4 is 10.1 Å². The molecule has 7 heteroatoms. The monoisotopic (exact) mass is 347 g/mol. The fraction of sp³-hybridized carbons (Fsp3) is 0.211. The van der Waals surface area contributed by atoms with Crippen molar-refractivity contribution in [2.75, 3.05) is 12.4 Å². The van der Waals surface area contributed by atoms with Crippen molar-refractivity contribution in [3.8, 4) is 17.9 Å². The van der Waals surface area contributed by atoms with E-state index in [2.05, 4.69) is 5.32 Å². The van der Waals surface area contributed by atoms with Crippen LogP contribution in [-0.4, -0.2) is 18.6 Å². The third kappa shape index (κ3) is 1.90. The van der Waals surface area contributed by atoms with Gasteiger partial charge in [-0.2, -0.15) is 10.5 Å². The summed E-state index contributed by atoms with van der Waals surface area (Å²) in [5.41, 5.74) is -2.52. The zero-order chi connectivity index (χ0) is 18.4. The molecule has 2 aromatic rings. The summed E-state index contributed by atoms with van der Waals surface area (Å²) < 4.78 is 16.8. The Morgan fingerprint density at radius 3 is 2.42 bits per heavy atom. The fourth-order valence-electron chi connectivity index (χ4n) is 3.34. The number of nitriles is 2. The van der Waals surface area contributed by atoms with Gasteiger partial charge in [0.25, 0.3) is 11.5 Å². The zero-order valence-corrected chi connectivity index (χ0v) is 13.7. The quantitative estimate of drug-likeness (QED) is 0.894. The lowest BCUT2D eigenvalue weighted by Gasteiger charge is -2.27. The lowest BCUT2D eigenvalue weighted by molar-refractivity contribution is -0.143. The Bertz CT molecular complexity index is 960. The van der Waals surface area contributed by atoms with Crippen LogP contribution in [0.15, 0.2) is 48.5 Å². The average molecular weight is 347 g/mol. The Labute approximate surface area is 149 Å². The number of hydrogen-bond donors (Lipinski definition) is 1. The molecule has 26 heavy (non-hydrogen) atoms. The Morgan fingerprint density at radius 2 is 1.77 bits per heavy atom. The van der Waals surface area contributed by atoms with Gasteiger partial charge < -0.3 is 19.5 Å². The molecule has 1 fully saturated rings. The number of anilines is 1. The summed E-state index contributed by atoms with van der Waals surface area (Å²) in [6, 6.07) is 17.3. The number of ether oxygens (including phenoxy) is 3. The maximum Gasteiger partial charge on any atom is 0.286 e. The van der Waals surface area contributed by atoms with Crippen LogP contribution in [0.1, 0.15) is 17.4 Å². The van der Waals surface area contributed by atoms with Crippen molar-refractivity contribution in [3.63, 3.8) is 0 Å². The minimum absolute atomic E-state index is 0.407. The second kappa shape index (κ2) is 5.57. The van der Waals surface area contributed by atoms with Crippen molar-refractivity contribution in [1.82, 2.24) is 0 Å². The molecule has 1 spiro atoms. The van der Waals surface area contributed by atoms with E-state index >= 15 is 0 Å². The Balaban J connectivity index is 1.85. The maximum absolute atomic E-state index is 12.8. The van der Waals surface area contributed by atoms with Crippen LogP contribution in [-0.2, 0) is 19.9 Å². The second-order valence-corrected chi connectivity index (χ2v) is 5.93. The highest BCUT2D eigenvalue weighted by Gasteiger charge is 2.71. The number of fused-ring (bicyclic) bond motifs is 2. The van der Waals surface area contributed by atoms with Gasteiger partial charge in [0.05, 0.1) is 7.11 Å². The van der Waals surface area contributed by atoms with Crippen LogP contribution in [0.4, 0.5) is 5.69 Å². The van der Waals surface area contributed by atoms with Crippen molar-refractivity contribution in [2.45, 2.75) is 17.5 Å². The number of nitrogens with zero attached hydrogens (tertiary/aromatic N) is 2. The van der Waals surface area contributed by atoms with Gasteiger partial charge in [-0.25, -0.2) is 0 Å². The highest BCUT2D eigenvalue weighted by molar-refractivity contribution is 6.07. The van der Waals surface area contributed by atoms with Crippen LogP contribution in [0, 0.1) is 22.7 Å². The van der Waals surface area contributed by atoms with Crippen LogP contribution in [0.2, 0.25) is 0 Å². The van der Waals surface area contributed by atoms with E-state index in [-0.39, 0.29) is 0 Å². The molecule has 1 N–H and O–H groups in total. The molecule has 2 atom stereocenters. The van der Waals surface area contributed by atoms with E-state index in [0.717, 1.165) is 0 Å². The molecule has 0 unspecified atom stereocenters. The molecular weight excluding hydrogens is 334 g/mol. The summed E-state index contributed by atoms with van der Waals surface area (Å²) in [6.07, 6.45) is -1.06. The topological polar surface area (TPSA) is 104 Å². The third-order valence-electron chi connectivity index (χ3n) is 4.64. The maximum atomic E-state index is 12.8. The van der Waals surface area contributed by atoms with Gasteiger partial charge in [0.1, 0.15) is 17.9 Å². The van der Waals surface area contributed by atoms with Gasteiger partial charge in [0, 0.05) is 16.8 Å². The van der Waals surface area contributed by atoms with E-state index in [1.807, 2.05) is 12.1 Å². The van der Waals surface area contributed by atoms with Gasteiger partial charge in [-0.1, -0.05) is 30.3 Å². The highest BCUT2D eigenvalue weighted by Crippen LogP contribution is 2.55. The number of methoxy groups -OCH3 is 1. The Morgan fingerprint density at radius 1 is 1.08 bits per heavy atom. The minimum atomic E-state index is -2.12. The van der Waals surface area contributed by atoms with Crippen LogP contribution in [0.25, 0.3) is 0 Å².